The van der Waals surface area contributed by atoms with Crippen molar-refractivity contribution < 1.29 is 26.9 Å². The summed E-state index contributed by atoms with van der Waals surface area (Å²) in [5, 5.41) is 8.67. The van der Waals surface area contributed by atoms with Gasteiger partial charge in [0.05, 0.1) is 0 Å². The Labute approximate surface area is 114 Å². The van der Waals surface area contributed by atoms with Gasteiger partial charge in [-0.15, -0.1) is 0 Å². The summed E-state index contributed by atoms with van der Waals surface area (Å²) in [4.78, 5) is 10.3. The maximum absolute atomic E-state index is 11.8. The van der Waals surface area contributed by atoms with Gasteiger partial charge in [0.2, 0.25) is 15.8 Å². The number of nitrogens with one attached hydrogen (secondary N) is 1. The van der Waals surface area contributed by atoms with E-state index >= 15 is 0 Å². The number of carboxylic acids is 1. The molecule has 102 valence electrons. The maximum atomic E-state index is 11.8. The second-order valence-corrected chi connectivity index (χ2v) is 7.24. The number of furan rings is 1. The Morgan fingerprint density at radius 3 is 2.67 bits per heavy atom. The maximum Gasteiger partial charge on any atom is 0.371 e. The molecule has 0 saturated heterocycles. The average molecular weight is 360 g/mol. The van der Waals surface area contributed by atoms with Gasteiger partial charge in [0, 0.05) is 35.4 Å². The first kappa shape index (κ1) is 15.3. The van der Waals surface area contributed by atoms with Crippen LogP contribution in [0.5, 0.6) is 0 Å². The van der Waals surface area contributed by atoms with Crippen LogP contribution in [0.15, 0.2) is 20.0 Å². The van der Waals surface area contributed by atoms with E-state index in [0.29, 0.717) is 0 Å². The third-order valence-corrected chi connectivity index (χ3v) is 4.93. The lowest BCUT2D eigenvalue weighted by molar-refractivity contribution is 0.0661. The monoisotopic (exact) mass is 359 g/mol. The fraction of sp³-hybridized carbons (Fsp3) is 0.375. The van der Waals surface area contributed by atoms with Gasteiger partial charge in [-0.2, -0.15) is 0 Å². The highest BCUT2D eigenvalue weighted by Gasteiger charge is 2.24. The van der Waals surface area contributed by atoms with Crippen LogP contribution in [0.2, 0.25) is 0 Å². The molecule has 0 aromatic carbocycles. The second kappa shape index (κ2) is 5.95. The Bertz CT molecular complexity index is 578. The van der Waals surface area contributed by atoms with Gasteiger partial charge in [0.15, 0.2) is 4.67 Å². The highest BCUT2D eigenvalue weighted by Crippen LogP contribution is 2.25. The molecule has 0 amide bonds. The molecule has 1 aromatic heterocycles. The van der Waals surface area contributed by atoms with Gasteiger partial charge in [0.25, 0.3) is 0 Å². The zero-order chi connectivity index (χ0) is 13.9. The van der Waals surface area contributed by atoms with Crippen LogP contribution in [0, 0.1) is 0 Å². The Morgan fingerprint density at radius 2 is 2.22 bits per heavy atom. The topological polar surface area (TPSA) is 114 Å². The van der Waals surface area contributed by atoms with Crippen LogP contribution >= 0.6 is 15.9 Å². The molecule has 1 atom stereocenters. The van der Waals surface area contributed by atoms with Crippen molar-refractivity contribution in [3.63, 3.8) is 0 Å². The summed E-state index contributed by atoms with van der Waals surface area (Å²) in [6.07, 6.45) is 1.45. The van der Waals surface area contributed by atoms with Crippen molar-refractivity contribution in [3.05, 3.63) is 16.5 Å². The van der Waals surface area contributed by atoms with Crippen LogP contribution in [0.25, 0.3) is 0 Å². The molecule has 0 aliphatic heterocycles. The van der Waals surface area contributed by atoms with E-state index in [-0.39, 0.29) is 21.9 Å². The fourth-order valence-corrected chi connectivity index (χ4v) is 3.53. The molecule has 0 saturated carbocycles. The molecule has 0 fully saturated rings. The summed E-state index contributed by atoms with van der Waals surface area (Å²) in [5.74, 6) is -1.69. The number of carbonyl (C=O) groups is 1. The summed E-state index contributed by atoms with van der Waals surface area (Å²) < 4.78 is 41.1. The van der Waals surface area contributed by atoms with Crippen molar-refractivity contribution in [3.8, 4) is 0 Å². The van der Waals surface area contributed by atoms with Gasteiger partial charge in [0.1, 0.15) is 4.90 Å². The molecule has 1 heterocycles. The van der Waals surface area contributed by atoms with E-state index in [1.165, 1.54) is 6.26 Å². The van der Waals surface area contributed by atoms with Gasteiger partial charge >= 0.3 is 5.97 Å². The summed E-state index contributed by atoms with van der Waals surface area (Å²) in [6.45, 7) is -0.00846. The van der Waals surface area contributed by atoms with Crippen LogP contribution < -0.4 is 4.72 Å². The standard InChI is InChI=1S/C8H10BrNO6S2/c1-17(13)3-2-10-18(14,15)6-4-5(8(11)12)16-7(6)9/h4,10H,2-3H2,1H3,(H,11,12). The first-order valence-electron chi connectivity index (χ1n) is 4.56. The number of hydrogen-bond acceptors (Lipinski definition) is 5. The van der Waals surface area contributed by atoms with Crippen molar-refractivity contribution >= 4 is 42.7 Å². The zero-order valence-electron chi connectivity index (χ0n) is 9.17. The number of hydrogen-bond donors (Lipinski definition) is 2. The number of halogens is 1. The van der Waals surface area contributed by atoms with E-state index < -0.39 is 32.6 Å². The first-order chi connectivity index (χ1) is 8.24. The molecule has 0 bridgehead atoms. The van der Waals surface area contributed by atoms with Crippen LogP contribution in [-0.4, -0.2) is 42.3 Å². The smallest absolute Gasteiger partial charge is 0.371 e. The molecule has 1 aromatic rings. The van der Waals surface area contributed by atoms with Gasteiger partial charge in [-0.05, 0) is 15.9 Å². The largest absolute Gasteiger partial charge is 0.475 e. The lowest BCUT2D eigenvalue weighted by atomic mass is 10.5. The Hall–Kier alpha value is -0.710. The van der Waals surface area contributed by atoms with Gasteiger partial charge < -0.3 is 9.52 Å². The van der Waals surface area contributed by atoms with Gasteiger partial charge in [-0.3, -0.25) is 4.21 Å². The number of sulfonamides is 1. The molecule has 1 rings (SSSR count). The number of carboxylic acid groups (broad SMARTS) is 1. The van der Waals surface area contributed by atoms with Gasteiger partial charge in [-0.25, -0.2) is 17.9 Å². The summed E-state index contributed by atoms with van der Waals surface area (Å²) >= 11 is 2.83. The van der Waals surface area contributed by atoms with E-state index in [0.717, 1.165) is 6.07 Å². The predicted molar refractivity (Wildman–Crippen MR) is 67.5 cm³/mol. The molecule has 10 heteroatoms. The minimum absolute atomic E-state index is 0.00846. The fourth-order valence-electron chi connectivity index (χ4n) is 1.04. The predicted octanol–water partition coefficient (Wildman–Crippen LogP) is 0.397. The minimum atomic E-state index is -3.89. The molecule has 0 radical (unpaired) electrons. The summed E-state index contributed by atoms with van der Waals surface area (Å²) in [5.41, 5.74) is 0. The first-order valence-corrected chi connectivity index (χ1v) is 8.56. The van der Waals surface area contributed by atoms with Crippen molar-refractivity contribution in [2.24, 2.45) is 0 Å². The molecule has 0 aliphatic carbocycles. The summed E-state index contributed by atoms with van der Waals surface area (Å²) in [7, 11) is -5.01. The molecule has 7 nitrogen and oxygen atoms in total. The van der Waals surface area contributed by atoms with Gasteiger partial charge in [-0.1, -0.05) is 0 Å². The lowest BCUT2D eigenvalue weighted by Crippen LogP contribution is -2.27. The van der Waals surface area contributed by atoms with E-state index in [1.807, 2.05) is 0 Å². The van der Waals surface area contributed by atoms with Crippen molar-refractivity contribution in [1.82, 2.24) is 4.72 Å². The van der Waals surface area contributed by atoms with Crippen LogP contribution in [0.1, 0.15) is 10.6 Å². The SMILES string of the molecule is CS(=O)CCNS(=O)(=O)c1cc(C(=O)O)oc1Br. The molecule has 18 heavy (non-hydrogen) atoms. The Kier molecular flexibility index (Phi) is 5.08. The van der Waals surface area contributed by atoms with Crippen LogP contribution in [0.3, 0.4) is 0 Å². The lowest BCUT2D eigenvalue weighted by Gasteiger charge is -2.03. The Balaban J connectivity index is 2.91. The molecular weight excluding hydrogens is 350 g/mol. The highest BCUT2D eigenvalue weighted by atomic mass is 79.9. The third kappa shape index (κ3) is 3.90. The second-order valence-electron chi connectivity index (χ2n) is 3.23. The van der Waals surface area contributed by atoms with Crippen LogP contribution in [-0.2, 0) is 20.8 Å². The van der Waals surface area contributed by atoms with Crippen LogP contribution in [0.4, 0.5) is 0 Å². The van der Waals surface area contributed by atoms with E-state index in [2.05, 4.69) is 20.7 Å². The summed E-state index contributed by atoms with van der Waals surface area (Å²) in [6, 6.07) is 0.900. The van der Waals surface area contributed by atoms with Crippen molar-refractivity contribution in [2.45, 2.75) is 4.90 Å². The van der Waals surface area contributed by atoms with E-state index in [1.54, 1.807) is 0 Å². The number of rotatable bonds is 6. The van der Waals surface area contributed by atoms with Crippen molar-refractivity contribution in [2.75, 3.05) is 18.6 Å². The molecular formula is C8H10BrNO6S2. The zero-order valence-corrected chi connectivity index (χ0v) is 12.4. The van der Waals surface area contributed by atoms with Crippen molar-refractivity contribution in [1.29, 1.82) is 0 Å². The molecule has 0 aliphatic rings. The average Bonchev–Trinajstić information content (AvgIpc) is 2.60. The number of aromatic carboxylic acids is 1. The molecule has 0 spiro atoms. The third-order valence-electron chi connectivity index (χ3n) is 1.84. The molecule has 2 N–H and O–H groups in total. The quantitative estimate of drug-likeness (QED) is 0.759. The molecule has 1 unspecified atom stereocenters. The Morgan fingerprint density at radius 1 is 1.61 bits per heavy atom. The minimum Gasteiger partial charge on any atom is -0.475 e. The normalized spacial score (nSPS) is 13.4. The van der Waals surface area contributed by atoms with E-state index in [9.17, 15) is 17.4 Å². The highest BCUT2D eigenvalue weighted by molar-refractivity contribution is 9.10. The van der Waals surface area contributed by atoms with E-state index in [4.69, 9.17) is 9.52 Å².